The molecule has 2 aromatic carbocycles. The number of nitrogens with zero attached hydrogens (tertiary/aromatic N) is 2. The van der Waals surface area contributed by atoms with E-state index in [1.807, 2.05) is 38.1 Å². The molecule has 1 fully saturated rings. The van der Waals surface area contributed by atoms with Crippen LogP contribution in [0.5, 0.6) is 5.75 Å². The van der Waals surface area contributed by atoms with Gasteiger partial charge in [-0.15, -0.1) is 0 Å². The lowest BCUT2D eigenvalue weighted by molar-refractivity contribution is -0.130. The quantitative estimate of drug-likeness (QED) is 0.541. The predicted molar refractivity (Wildman–Crippen MR) is 132 cm³/mol. The number of likely N-dealkylation sites (tertiary alicyclic amines) is 1. The van der Waals surface area contributed by atoms with Gasteiger partial charge < -0.3 is 10.1 Å². The number of nitrogens with one attached hydrogen (secondary N) is 1. The first kappa shape index (κ1) is 24.8. The molecular weight excluding hydrogens is 410 g/mol. The molecule has 2 aromatic rings. The molecule has 3 rings (SSSR count). The van der Waals surface area contributed by atoms with Gasteiger partial charge in [0, 0.05) is 31.1 Å². The molecule has 1 saturated heterocycles. The Bertz CT molecular complexity index is 985. The molecular formula is C28H37N3O2. The Morgan fingerprint density at radius 2 is 1.91 bits per heavy atom. The summed E-state index contributed by atoms with van der Waals surface area (Å²) >= 11 is 0. The Hall–Kier alpha value is -2.84. The van der Waals surface area contributed by atoms with Crippen LogP contribution < -0.4 is 10.1 Å². The number of carbonyl (C=O) groups excluding carboxylic acids is 1. The summed E-state index contributed by atoms with van der Waals surface area (Å²) in [6.45, 7) is 11.4. The first-order valence-corrected chi connectivity index (χ1v) is 12.0. The van der Waals surface area contributed by atoms with E-state index < -0.39 is 5.41 Å². The van der Waals surface area contributed by atoms with Gasteiger partial charge in [-0.2, -0.15) is 5.26 Å². The highest BCUT2D eigenvalue weighted by Gasteiger charge is 2.30. The van der Waals surface area contributed by atoms with Crippen molar-refractivity contribution in [3.05, 3.63) is 64.7 Å². The molecule has 1 heterocycles. The highest BCUT2D eigenvalue weighted by atomic mass is 16.5. The van der Waals surface area contributed by atoms with Crippen molar-refractivity contribution in [2.75, 3.05) is 19.7 Å². The van der Waals surface area contributed by atoms with Crippen LogP contribution in [0.3, 0.4) is 0 Å². The zero-order chi connectivity index (χ0) is 23.8. The molecule has 0 aliphatic carbocycles. The van der Waals surface area contributed by atoms with E-state index in [9.17, 15) is 10.1 Å². The molecule has 0 spiro atoms. The second kappa shape index (κ2) is 11.3. The second-order valence-corrected chi connectivity index (χ2v) is 9.90. The fraction of sp³-hybridized carbons (Fsp3) is 0.500. The summed E-state index contributed by atoms with van der Waals surface area (Å²) in [4.78, 5) is 15.3. The van der Waals surface area contributed by atoms with Crippen LogP contribution in [0.4, 0.5) is 0 Å². The number of rotatable bonds is 9. The van der Waals surface area contributed by atoms with Gasteiger partial charge in [0.1, 0.15) is 5.75 Å². The number of carbonyl (C=O) groups is 1. The summed E-state index contributed by atoms with van der Waals surface area (Å²) in [5.41, 5.74) is 3.73. The molecule has 1 amide bonds. The molecule has 0 aromatic heterocycles. The minimum absolute atomic E-state index is 0.127. The standard InChI is InChI=1S/C28H37N3O2/c1-21-10-11-22(2)26(18-21)33-17-7-14-28(3,4)27(32)30-25-12-15-31(16-13-25)20-24-9-6-5-8-23(24)19-29/h5-6,8-11,18,25H,7,12-17,20H2,1-4H3,(H,30,32). The fourth-order valence-corrected chi connectivity index (χ4v) is 4.30. The van der Waals surface area contributed by atoms with Gasteiger partial charge in [0.2, 0.25) is 5.91 Å². The molecule has 0 bridgehead atoms. The van der Waals surface area contributed by atoms with Gasteiger partial charge in [0.25, 0.3) is 0 Å². The highest BCUT2D eigenvalue weighted by molar-refractivity contribution is 5.82. The Morgan fingerprint density at radius 3 is 2.64 bits per heavy atom. The average molecular weight is 448 g/mol. The molecule has 5 nitrogen and oxygen atoms in total. The number of hydrogen-bond donors (Lipinski definition) is 1. The first-order valence-electron chi connectivity index (χ1n) is 12.0. The van der Waals surface area contributed by atoms with Crippen molar-refractivity contribution in [1.29, 1.82) is 5.26 Å². The van der Waals surface area contributed by atoms with E-state index in [1.54, 1.807) is 0 Å². The van der Waals surface area contributed by atoms with Gasteiger partial charge in [-0.1, -0.05) is 44.2 Å². The average Bonchev–Trinajstić information content (AvgIpc) is 2.80. The van der Waals surface area contributed by atoms with Gasteiger partial charge in [-0.25, -0.2) is 0 Å². The normalized spacial score (nSPS) is 15.1. The first-order chi connectivity index (χ1) is 15.8. The minimum atomic E-state index is -0.423. The smallest absolute Gasteiger partial charge is 0.225 e. The van der Waals surface area contributed by atoms with Crippen LogP contribution in [-0.2, 0) is 11.3 Å². The fourth-order valence-electron chi connectivity index (χ4n) is 4.30. The van der Waals surface area contributed by atoms with E-state index in [1.165, 1.54) is 5.56 Å². The van der Waals surface area contributed by atoms with Crippen molar-refractivity contribution in [3.8, 4) is 11.8 Å². The molecule has 0 unspecified atom stereocenters. The monoisotopic (exact) mass is 447 g/mol. The number of ether oxygens (including phenoxy) is 1. The number of amides is 1. The molecule has 0 radical (unpaired) electrons. The molecule has 0 saturated carbocycles. The maximum atomic E-state index is 13.0. The van der Waals surface area contributed by atoms with Gasteiger partial charge in [0.15, 0.2) is 0 Å². The van der Waals surface area contributed by atoms with Gasteiger partial charge >= 0.3 is 0 Å². The van der Waals surface area contributed by atoms with E-state index in [4.69, 9.17) is 4.74 Å². The SMILES string of the molecule is Cc1ccc(C)c(OCCCC(C)(C)C(=O)NC2CCN(Cc3ccccc3C#N)CC2)c1. The van der Waals surface area contributed by atoms with Crippen LogP contribution in [0.1, 0.15) is 61.8 Å². The van der Waals surface area contributed by atoms with Crippen molar-refractivity contribution >= 4 is 5.91 Å². The van der Waals surface area contributed by atoms with E-state index in [0.29, 0.717) is 6.61 Å². The number of hydrogen-bond acceptors (Lipinski definition) is 4. The summed E-state index contributed by atoms with van der Waals surface area (Å²) in [6.07, 6.45) is 3.50. The molecule has 5 heteroatoms. The third-order valence-corrected chi connectivity index (χ3v) is 6.62. The number of piperidine rings is 1. The number of aryl methyl sites for hydroxylation is 2. The molecule has 1 N–H and O–H groups in total. The zero-order valence-corrected chi connectivity index (χ0v) is 20.5. The van der Waals surface area contributed by atoms with Gasteiger partial charge in [-0.05, 0) is 68.4 Å². The second-order valence-electron chi connectivity index (χ2n) is 9.90. The molecule has 1 aliphatic rings. The molecule has 0 atom stereocenters. The summed E-state index contributed by atoms with van der Waals surface area (Å²) in [6, 6.07) is 16.5. The van der Waals surface area contributed by atoms with Crippen LogP contribution >= 0.6 is 0 Å². The lowest BCUT2D eigenvalue weighted by atomic mass is 9.86. The van der Waals surface area contributed by atoms with E-state index in [0.717, 1.165) is 67.8 Å². The minimum Gasteiger partial charge on any atom is -0.493 e. The van der Waals surface area contributed by atoms with Crippen LogP contribution in [0.25, 0.3) is 0 Å². The van der Waals surface area contributed by atoms with Crippen molar-refractivity contribution in [1.82, 2.24) is 10.2 Å². The Labute approximate surface area is 198 Å². The summed E-state index contributed by atoms with van der Waals surface area (Å²) in [5, 5.41) is 12.6. The van der Waals surface area contributed by atoms with Crippen molar-refractivity contribution < 1.29 is 9.53 Å². The Kier molecular flexibility index (Phi) is 8.52. The van der Waals surface area contributed by atoms with E-state index in [-0.39, 0.29) is 11.9 Å². The van der Waals surface area contributed by atoms with E-state index in [2.05, 4.69) is 48.3 Å². The van der Waals surface area contributed by atoms with Gasteiger partial charge in [-0.3, -0.25) is 9.69 Å². The maximum absolute atomic E-state index is 13.0. The maximum Gasteiger partial charge on any atom is 0.225 e. The van der Waals surface area contributed by atoms with Crippen molar-refractivity contribution in [2.45, 2.75) is 66.0 Å². The third kappa shape index (κ3) is 7.07. The van der Waals surface area contributed by atoms with Crippen molar-refractivity contribution in [2.24, 2.45) is 5.41 Å². The molecule has 33 heavy (non-hydrogen) atoms. The molecule has 176 valence electrons. The number of benzene rings is 2. The number of nitriles is 1. The van der Waals surface area contributed by atoms with Crippen LogP contribution in [-0.4, -0.2) is 36.5 Å². The summed E-state index contributed by atoms with van der Waals surface area (Å²) in [7, 11) is 0. The van der Waals surface area contributed by atoms with E-state index >= 15 is 0 Å². The summed E-state index contributed by atoms with van der Waals surface area (Å²) < 4.78 is 5.96. The Balaban J connectivity index is 1.40. The largest absolute Gasteiger partial charge is 0.493 e. The predicted octanol–water partition coefficient (Wildman–Crippen LogP) is 5.14. The topological polar surface area (TPSA) is 65.4 Å². The lowest BCUT2D eigenvalue weighted by Gasteiger charge is -2.34. The van der Waals surface area contributed by atoms with Crippen LogP contribution in [0.2, 0.25) is 0 Å². The Morgan fingerprint density at radius 1 is 1.18 bits per heavy atom. The van der Waals surface area contributed by atoms with Crippen LogP contribution in [0.15, 0.2) is 42.5 Å². The zero-order valence-electron chi connectivity index (χ0n) is 20.5. The van der Waals surface area contributed by atoms with Crippen molar-refractivity contribution in [3.63, 3.8) is 0 Å². The summed E-state index contributed by atoms with van der Waals surface area (Å²) in [5.74, 6) is 1.06. The van der Waals surface area contributed by atoms with Gasteiger partial charge in [0.05, 0.1) is 18.2 Å². The van der Waals surface area contributed by atoms with Crippen LogP contribution in [0, 0.1) is 30.6 Å². The third-order valence-electron chi connectivity index (χ3n) is 6.62. The molecule has 1 aliphatic heterocycles. The highest BCUT2D eigenvalue weighted by Crippen LogP contribution is 2.25. The lowest BCUT2D eigenvalue weighted by Crippen LogP contribution is -2.48.